The molecule has 2 saturated heterocycles. The van der Waals surface area contributed by atoms with Gasteiger partial charge in [0.2, 0.25) is 0 Å². The lowest BCUT2D eigenvalue weighted by molar-refractivity contribution is 0.0593. The lowest BCUT2D eigenvalue weighted by Crippen LogP contribution is -2.48. The zero-order chi connectivity index (χ0) is 20.1. The Morgan fingerprint density at radius 1 is 1.10 bits per heavy atom. The fourth-order valence-corrected chi connectivity index (χ4v) is 4.05. The number of ether oxygens (including phenoxy) is 1. The minimum absolute atomic E-state index is 0.275. The number of nitrogens with zero attached hydrogens (tertiary/aromatic N) is 6. The van der Waals surface area contributed by atoms with Crippen LogP contribution in [-0.4, -0.2) is 94.5 Å². The van der Waals surface area contributed by atoms with Crippen molar-refractivity contribution in [2.45, 2.75) is 38.8 Å². The Balaban J connectivity index is 1.16. The predicted molar refractivity (Wildman–Crippen MR) is 114 cm³/mol. The van der Waals surface area contributed by atoms with Gasteiger partial charge in [0, 0.05) is 45.3 Å². The van der Waals surface area contributed by atoms with E-state index in [0.29, 0.717) is 12.6 Å². The minimum atomic E-state index is 0.275. The van der Waals surface area contributed by atoms with Crippen LogP contribution < -0.4 is 4.90 Å². The second kappa shape index (κ2) is 9.53. The molecule has 8 heteroatoms. The van der Waals surface area contributed by atoms with Crippen LogP contribution in [0.2, 0.25) is 0 Å². The number of H-pyrrole nitrogens is 1. The molecule has 0 radical (unpaired) electrons. The number of hydrogen-bond donors (Lipinski definition) is 1. The molecule has 4 rings (SSSR count). The molecule has 1 N–H and O–H groups in total. The van der Waals surface area contributed by atoms with Crippen LogP contribution in [0.3, 0.4) is 0 Å². The van der Waals surface area contributed by atoms with Crippen LogP contribution >= 0.6 is 0 Å². The third-order valence-electron chi connectivity index (χ3n) is 5.92. The van der Waals surface area contributed by atoms with Crippen LogP contribution in [-0.2, 0) is 4.74 Å². The van der Waals surface area contributed by atoms with Crippen molar-refractivity contribution in [3.8, 4) is 11.8 Å². The highest BCUT2D eigenvalue weighted by Gasteiger charge is 2.22. The molecule has 156 valence electrons. The van der Waals surface area contributed by atoms with E-state index in [1.807, 2.05) is 0 Å². The van der Waals surface area contributed by atoms with Crippen molar-refractivity contribution >= 4 is 16.9 Å². The quantitative estimate of drug-likeness (QED) is 0.764. The highest BCUT2D eigenvalue weighted by molar-refractivity contribution is 5.86. The molecule has 0 atom stereocenters. The third-order valence-corrected chi connectivity index (χ3v) is 5.92. The van der Waals surface area contributed by atoms with Gasteiger partial charge in [0.05, 0.1) is 24.2 Å². The Morgan fingerprint density at radius 2 is 1.90 bits per heavy atom. The summed E-state index contributed by atoms with van der Waals surface area (Å²) < 4.78 is 6.00. The molecular formula is C21H31N7O. The second-order valence-corrected chi connectivity index (χ2v) is 8.09. The Kier molecular flexibility index (Phi) is 6.60. The molecule has 0 bridgehead atoms. The first-order valence-electron chi connectivity index (χ1n) is 10.6. The van der Waals surface area contributed by atoms with Gasteiger partial charge in [-0.05, 0) is 26.7 Å². The van der Waals surface area contributed by atoms with Gasteiger partial charge in [-0.2, -0.15) is 5.10 Å². The Bertz CT molecular complexity index is 839. The van der Waals surface area contributed by atoms with Crippen molar-refractivity contribution in [1.82, 2.24) is 30.0 Å². The number of anilines is 1. The summed E-state index contributed by atoms with van der Waals surface area (Å²) in [5.41, 5.74) is 0.786. The van der Waals surface area contributed by atoms with Crippen LogP contribution in [0, 0.1) is 11.8 Å². The first-order valence-corrected chi connectivity index (χ1v) is 10.6. The third kappa shape index (κ3) is 5.04. The fourth-order valence-electron chi connectivity index (χ4n) is 4.05. The van der Waals surface area contributed by atoms with Crippen molar-refractivity contribution in [3.05, 3.63) is 12.5 Å². The van der Waals surface area contributed by atoms with Gasteiger partial charge in [-0.25, -0.2) is 9.97 Å². The van der Waals surface area contributed by atoms with Gasteiger partial charge in [-0.15, -0.1) is 0 Å². The summed E-state index contributed by atoms with van der Waals surface area (Å²) in [5, 5.41) is 7.96. The summed E-state index contributed by atoms with van der Waals surface area (Å²) >= 11 is 0. The van der Waals surface area contributed by atoms with Crippen LogP contribution in [0.4, 0.5) is 5.82 Å². The van der Waals surface area contributed by atoms with Crippen molar-refractivity contribution in [3.63, 3.8) is 0 Å². The summed E-state index contributed by atoms with van der Waals surface area (Å²) in [6.07, 6.45) is 5.64. The van der Waals surface area contributed by atoms with Gasteiger partial charge in [0.1, 0.15) is 18.8 Å². The van der Waals surface area contributed by atoms with Crippen LogP contribution in [0.1, 0.15) is 26.7 Å². The molecule has 8 nitrogen and oxygen atoms in total. The Morgan fingerprint density at radius 3 is 2.66 bits per heavy atom. The zero-order valence-electron chi connectivity index (χ0n) is 17.5. The fraction of sp³-hybridized carbons (Fsp3) is 0.667. The molecular weight excluding hydrogens is 366 g/mol. The molecule has 4 heterocycles. The summed E-state index contributed by atoms with van der Waals surface area (Å²) in [6, 6.07) is 0.642. The number of piperazine rings is 1. The molecule has 0 amide bonds. The van der Waals surface area contributed by atoms with E-state index in [9.17, 15) is 0 Å². The van der Waals surface area contributed by atoms with Gasteiger partial charge in [0.25, 0.3) is 0 Å². The molecule has 0 aromatic carbocycles. The molecule has 2 fully saturated rings. The van der Waals surface area contributed by atoms with E-state index in [4.69, 9.17) is 4.74 Å². The average molecular weight is 398 g/mol. The summed E-state index contributed by atoms with van der Waals surface area (Å²) in [7, 11) is 0. The molecule has 2 aromatic heterocycles. The number of piperidine rings is 1. The van der Waals surface area contributed by atoms with Crippen molar-refractivity contribution in [1.29, 1.82) is 0 Å². The van der Waals surface area contributed by atoms with Crippen molar-refractivity contribution in [2.75, 3.05) is 57.3 Å². The summed E-state index contributed by atoms with van der Waals surface area (Å²) in [4.78, 5) is 15.9. The molecule has 2 aromatic rings. The van der Waals surface area contributed by atoms with Gasteiger partial charge in [0.15, 0.2) is 5.65 Å². The lowest BCUT2D eigenvalue weighted by Gasteiger charge is -2.36. The van der Waals surface area contributed by atoms with Crippen LogP contribution in [0.5, 0.6) is 0 Å². The standard InChI is InChI=1S/C21H31N7O/c1-17(2)27-12-10-26(11-13-27)7-3-4-14-29-18-5-8-28(9-6-18)21-19-15-24-25-20(19)22-16-23-21/h15-18H,5-14H2,1-2H3,(H,22,23,24,25). The molecule has 0 aliphatic carbocycles. The Labute approximate surface area is 172 Å². The number of nitrogens with one attached hydrogen (secondary N) is 1. The van der Waals surface area contributed by atoms with Gasteiger partial charge >= 0.3 is 0 Å². The molecule has 2 aliphatic rings. The smallest absolute Gasteiger partial charge is 0.160 e. The van der Waals surface area contributed by atoms with Crippen LogP contribution in [0.25, 0.3) is 11.0 Å². The number of aromatic amines is 1. The minimum Gasteiger partial charge on any atom is -0.365 e. The maximum Gasteiger partial charge on any atom is 0.160 e. The highest BCUT2D eigenvalue weighted by atomic mass is 16.5. The largest absolute Gasteiger partial charge is 0.365 e. The number of hydrogen-bond acceptors (Lipinski definition) is 7. The first-order chi connectivity index (χ1) is 14.2. The maximum atomic E-state index is 6.00. The summed E-state index contributed by atoms with van der Waals surface area (Å²) in [6.45, 7) is 12.3. The van der Waals surface area contributed by atoms with E-state index in [0.717, 1.165) is 75.5 Å². The van der Waals surface area contributed by atoms with Gasteiger partial charge < -0.3 is 9.64 Å². The van der Waals surface area contributed by atoms with E-state index in [1.54, 1.807) is 12.5 Å². The van der Waals surface area contributed by atoms with E-state index in [2.05, 4.69) is 60.6 Å². The summed E-state index contributed by atoms with van der Waals surface area (Å²) in [5.74, 6) is 7.45. The van der Waals surface area contributed by atoms with Gasteiger partial charge in [-0.1, -0.05) is 11.8 Å². The van der Waals surface area contributed by atoms with Gasteiger partial charge in [-0.3, -0.25) is 14.9 Å². The molecule has 0 saturated carbocycles. The monoisotopic (exact) mass is 397 g/mol. The normalized spacial score (nSPS) is 19.6. The maximum absolute atomic E-state index is 6.00. The average Bonchev–Trinajstić information content (AvgIpc) is 3.23. The van der Waals surface area contributed by atoms with E-state index >= 15 is 0 Å². The molecule has 2 aliphatic heterocycles. The van der Waals surface area contributed by atoms with Crippen molar-refractivity contribution < 1.29 is 4.74 Å². The van der Waals surface area contributed by atoms with E-state index in [1.165, 1.54) is 0 Å². The molecule has 0 spiro atoms. The zero-order valence-corrected chi connectivity index (χ0v) is 17.5. The Hall–Kier alpha value is -2.21. The molecule has 29 heavy (non-hydrogen) atoms. The highest BCUT2D eigenvalue weighted by Crippen LogP contribution is 2.25. The topological polar surface area (TPSA) is 73.4 Å². The second-order valence-electron chi connectivity index (χ2n) is 8.09. The SMILES string of the molecule is CC(C)N1CCN(CC#CCOC2CCN(c3ncnc4[nH]ncc34)CC2)CC1. The van der Waals surface area contributed by atoms with E-state index < -0.39 is 0 Å². The predicted octanol–water partition coefficient (Wildman–Crippen LogP) is 1.37. The van der Waals surface area contributed by atoms with E-state index in [-0.39, 0.29) is 6.10 Å². The van der Waals surface area contributed by atoms with Crippen LogP contribution in [0.15, 0.2) is 12.5 Å². The van der Waals surface area contributed by atoms with Crippen molar-refractivity contribution in [2.24, 2.45) is 0 Å². The number of rotatable bonds is 5. The number of fused-ring (bicyclic) bond motifs is 1. The molecule has 0 unspecified atom stereocenters. The number of aromatic nitrogens is 4. The lowest BCUT2D eigenvalue weighted by atomic mass is 10.1. The first kappa shape index (κ1) is 20.1.